The van der Waals surface area contributed by atoms with Crippen LogP contribution >= 0.6 is 12.4 Å². The van der Waals surface area contributed by atoms with Gasteiger partial charge in [-0.3, -0.25) is 4.79 Å². The molecule has 1 fully saturated rings. The molecule has 148 valence electrons. The number of hydrogen-bond donors (Lipinski definition) is 2. The number of carbonyl (C=O) groups excluding carboxylic acids is 1. The number of nitrogens with one attached hydrogen (secondary N) is 1. The second-order valence-corrected chi connectivity index (χ2v) is 7.26. The molecule has 28 heavy (non-hydrogen) atoms. The highest BCUT2D eigenvalue weighted by molar-refractivity contribution is 5.97. The molecule has 1 aliphatic carbocycles. The van der Waals surface area contributed by atoms with Crippen LogP contribution in [0.5, 0.6) is 0 Å². The fourth-order valence-electron chi connectivity index (χ4n) is 3.69. The highest BCUT2D eigenvalue weighted by atomic mass is 35.5. The Kier molecular flexibility index (Phi) is 5.74. The molecule has 0 radical (unpaired) electrons. The number of rotatable bonds is 4. The average Bonchev–Trinajstić information content (AvgIpc) is 3.29. The van der Waals surface area contributed by atoms with Gasteiger partial charge in [-0.25, -0.2) is 4.98 Å². The van der Waals surface area contributed by atoms with Gasteiger partial charge in [0.05, 0.1) is 0 Å². The zero-order valence-corrected chi connectivity index (χ0v) is 16.9. The van der Waals surface area contributed by atoms with Crippen LogP contribution < -0.4 is 11.1 Å². The summed E-state index contributed by atoms with van der Waals surface area (Å²) in [5.41, 5.74) is 8.80. The zero-order valence-electron chi connectivity index (χ0n) is 16.1. The van der Waals surface area contributed by atoms with Gasteiger partial charge in [0, 0.05) is 43.1 Å². The topological polar surface area (TPSA) is 89.1 Å². The van der Waals surface area contributed by atoms with E-state index in [1.807, 2.05) is 30.3 Å². The van der Waals surface area contributed by atoms with Crippen molar-refractivity contribution in [3.05, 3.63) is 42.2 Å². The molecule has 4 rings (SSSR count). The van der Waals surface area contributed by atoms with Crippen molar-refractivity contribution in [2.75, 3.05) is 25.1 Å². The van der Waals surface area contributed by atoms with Crippen LogP contribution in [0.3, 0.4) is 0 Å². The SMILES string of the molecule is CN(C)C(=O)c1cc2cnc(Nc3ccc(N)cc3)nc2n1C1CCCC1.Cl. The van der Waals surface area contributed by atoms with Gasteiger partial charge < -0.3 is 20.5 Å². The first-order chi connectivity index (χ1) is 13.0. The number of benzene rings is 1. The van der Waals surface area contributed by atoms with Crippen LogP contribution in [0.2, 0.25) is 0 Å². The summed E-state index contributed by atoms with van der Waals surface area (Å²) in [6.07, 6.45) is 6.29. The molecule has 0 aliphatic heterocycles. The average molecular weight is 401 g/mol. The van der Waals surface area contributed by atoms with Crippen molar-refractivity contribution in [3.63, 3.8) is 0 Å². The van der Waals surface area contributed by atoms with E-state index in [0.717, 1.165) is 29.6 Å². The summed E-state index contributed by atoms with van der Waals surface area (Å²) in [6.45, 7) is 0. The monoisotopic (exact) mass is 400 g/mol. The van der Waals surface area contributed by atoms with Crippen LogP contribution in [0.1, 0.15) is 42.2 Å². The normalized spacial score (nSPS) is 14.1. The zero-order chi connectivity index (χ0) is 19.0. The van der Waals surface area contributed by atoms with E-state index in [1.54, 1.807) is 25.2 Å². The Bertz CT molecular complexity index is 976. The van der Waals surface area contributed by atoms with E-state index in [-0.39, 0.29) is 18.3 Å². The van der Waals surface area contributed by atoms with Crippen molar-refractivity contribution in [2.45, 2.75) is 31.7 Å². The molecule has 8 heteroatoms. The van der Waals surface area contributed by atoms with E-state index in [0.29, 0.717) is 23.4 Å². The van der Waals surface area contributed by atoms with E-state index in [1.165, 1.54) is 12.8 Å². The van der Waals surface area contributed by atoms with Gasteiger partial charge in [-0.15, -0.1) is 12.4 Å². The lowest BCUT2D eigenvalue weighted by Crippen LogP contribution is -2.25. The lowest BCUT2D eigenvalue weighted by molar-refractivity contribution is 0.0815. The van der Waals surface area contributed by atoms with Crippen molar-refractivity contribution in [1.29, 1.82) is 0 Å². The van der Waals surface area contributed by atoms with Crippen molar-refractivity contribution >= 4 is 46.7 Å². The summed E-state index contributed by atoms with van der Waals surface area (Å²) < 4.78 is 2.11. The molecule has 1 aromatic carbocycles. The Morgan fingerprint density at radius 3 is 2.54 bits per heavy atom. The van der Waals surface area contributed by atoms with Crippen LogP contribution in [0.15, 0.2) is 36.5 Å². The Hall–Kier alpha value is -2.80. The van der Waals surface area contributed by atoms with Crippen molar-refractivity contribution < 1.29 is 4.79 Å². The molecule has 0 saturated heterocycles. The summed E-state index contributed by atoms with van der Waals surface area (Å²) in [7, 11) is 3.55. The van der Waals surface area contributed by atoms with E-state index in [4.69, 9.17) is 10.7 Å². The number of aromatic nitrogens is 3. The molecule has 0 spiro atoms. The maximum absolute atomic E-state index is 12.7. The molecule has 0 atom stereocenters. The van der Waals surface area contributed by atoms with Crippen LogP contribution in [0.4, 0.5) is 17.3 Å². The van der Waals surface area contributed by atoms with Crippen LogP contribution in [0.25, 0.3) is 11.0 Å². The Morgan fingerprint density at radius 2 is 1.89 bits per heavy atom. The Morgan fingerprint density at radius 1 is 1.21 bits per heavy atom. The third-order valence-corrected chi connectivity index (χ3v) is 5.06. The van der Waals surface area contributed by atoms with E-state index in [2.05, 4.69) is 14.9 Å². The maximum Gasteiger partial charge on any atom is 0.270 e. The number of hydrogen-bond acceptors (Lipinski definition) is 5. The molecule has 1 aliphatic rings. The molecule has 0 bridgehead atoms. The second-order valence-electron chi connectivity index (χ2n) is 7.26. The minimum atomic E-state index is -0.00653. The maximum atomic E-state index is 12.7. The van der Waals surface area contributed by atoms with Crippen LogP contribution in [0, 0.1) is 0 Å². The summed E-state index contributed by atoms with van der Waals surface area (Å²) in [5, 5.41) is 4.10. The molecule has 3 N–H and O–H groups in total. The number of halogens is 1. The highest BCUT2D eigenvalue weighted by Gasteiger charge is 2.26. The smallest absolute Gasteiger partial charge is 0.270 e. The van der Waals surface area contributed by atoms with E-state index >= 15 is 0 Å². The fraction of sp³-hybridized carbons (Fsp3) is 0.350. The molecule has 2 aromatic heterocycles. The third-order valence-electron chi connectivity index (χ3n) is 5.06. The van der Waals surface area contributed by atoms with Gasteiger partial charge in [0.15, 0.2) is 0 Å². The van der Waals surface area contributed by atoms with E-state index in [9.17, 15) is 4.79 Å². The third kappa shape index (κ3) is 3.75. The molecule has 2 heterocycles. The number of amides is 1. The standard InChI is InChI=1S/C20H24N6O.ClH/c1-25(2)19(27)17-11-13-12-22-20(23-15-9-7-14(21)8-10-15)24-18(13)26(17)16-5-3-4-6-16;/h7-12,16H,3-6,21H2,1-2H3,(H,22,23,24);1H. The largest absolute Gasteiger partial charge is 0.399 e. The number of carbonyl (C=O) groups is 1. The Labute approximate surface area is 170 Å². The van der Waals surface area contributed by atoms with Crippen molar-refractivity contribution in [3.8, 4) is 0 Å². The number of nitrogens with two attached hydrogens (primary N) is 1. The lowest BCUT2D eigenvalue weighted by Gasteiger charge is -2.19. The van der Waals surface area contributed by atoms with Gasteiger partial charge in [0.2, 0.25) is 5.95 Å². The molecule has 7 nitrogen and oxygen atoms in total. The first-order valence-electron chi connectivity index (χ1n) is 9.25. The van der Waals surface area contributed by atoms with Crippen LogP contribution in [-0.4, -0.2) is 39.4 Å². The van der Waals surface area contributed by atoms with Crippen molar-refractivity contribution in [1.82, 2.24) is 19.4 Å². The van der Waals surface area contributed by atoms with Gasteiger partial charge in [-0.05, 0) is 43.2 Å². The van der Waals surface area contributed by atoms with Gasteiger partial charge in [0.1, 0.15) is 11.3 Å². The van der Waals surface area contributed by atoms with Gasteiger partial charge in [-0.2, -0.15) is 4.98 Å². The molecule has 3 aromatic rings. The fourth-order valence-corrected chi connectivity index (χ4v) is 3.69. The van der Waals surface area contributed by atoms with E-state index < -0.39 is 0 Å². The van der Waals surface area contributed by atoms with Gasteiger partial charge >= 0.3 is 0 Å². The molecule has 1 saturated carbocycles. The van der Waals surface area contributed by atoms with Crippen molar-refractivity contribution in [2.24, 2.45) is 0 Å². The van der Waals surface area contributed by atoms with Crippen LogP contribution in [-0.2, 0) is 0 Å². The minimum absolute atomic E-state index is 0. The minimum Gasteiger partial charge on any atom is -0.399 e. The lowest BCUT2D eigenvalue weighted by atomic mass is 10.2. The molecule has 1 amide bonds. The highest BCUT2D eigenvalue weighted by Crippen LogP contribution is 2.34. The quantitative estimate of drug-likeness (QED) is 0.646. The molecule has 0 unspecified atom stereocenters. The Balaban J connectivity index is 0.00000225. The molecular formula is C20H25ClN6O. The number of nitrogen functional groups attached to an aromatic ring is 1. The summed E-state index contributed by atoms with van der Waals surface area (Å²) in [5.74, 6) is 0.501. The predicted octanol–water partition coefficient (Wildman–Crippen LogP) is 4.00. The number of anilines is 3. The first kappa shape index (κ1) is 19.9. The number of nitrogens with zero attached hydrogens (tertiary/aromatic N) is 4. The molecular weight excluding hydrogens is 376 g/mol. The summed E-state index contributed by atoms with van der Waals surface area (Å²) >= 11 is 0. The first-order valence-corrected chi connectivity index (χ1v) is 9.25. The summed E-state index contributed by atoms with van der Waals surface area (Å²) in [4.78, 5) is 23.5. The van der Waals surface area contributed by atoms with Gasteiger partial charge in [0.25, 0.3) is 5.91 Å². The second kappa shape index (κ2) is 8.06. The predicted molar refractivity (Wildman–Crippen MR) is 114 cm³/mol. The number of fused-ring (bicyclic) bond motifs is 1. The summed E-state index contributed by atoms with van der Waals surface area (Å²) in [6, 6.07) is 9.65. The van der Waals surface area contributed by atoms with Gasteiger partial charge in [-0.1, -0.05) is 12.8 Å².